The number of fused-ring (bicyclic) bond motifs is 2. The van der Waals surface area contributed by atoms with Gasteiger partial charge < -0.3 is 0 Å². The Labute approximate surface area is 100 Å². The van der Waals surface area contributed by atoms with Crippen molar-refractivity contribution in [2.75, 3.05) is 12.9 Å². The van der Waals surface area contributed by atoms with Crippen molar-refractivity contribution in [2.24, 2.45) is 16.7 Å². The molecule has 2 atom stereocenters. The van der Waals surface area contributed by atoms with Crippen LogP contribution in [-0.4, -0.2) is 18.6 Å². The second-order valence-electron chi connectivity index (χ2n) is 5.23. The number of Topliss-reactive ketones (excluding diaryl/α,β-unsaturated/α-hetero) is 1. The van der Waals surface area contributed by atoms with E-state index in [1.807, 2.05) is 0 Å². The topological polar surface area (TPSA) is 44.8 Å². The number of hydrogen-bond donors (Lipinski definition) is 0. The molecule has 2 aliphatic rings. The average molecular weight is 246 g/mol. The Balaban J connectivity index is 2.01. The third-order valence-corrected chi connectivity index (χ3v) is 4.78. The van der Waals surface area contributed by atoms with Crippen molar-refractivity contribution in [1.29, 1.82) is 0 Å². The van der Waals surface area contributed by atoms with E-state index in [1.165, 1.54) is 0 Å². The van der Waals surface area contributed by atoms with Gasteiger partial charge in [0.15, 0.2) is 0 Å². The second-order valence-corrected chi connectivity index (χ2v) is 5.70. The number of hydrogen-bond acceptors (Lipinski definition) is 5. The third-order valence-electron chi connectivity index (χ3n) is 4.59. The first-order valence-electron chi connectivity index (χ1n) is 5.57. The van der Waals surface area contributed by atoms with Crippen LogP contribution in [0.4, 0.5) is 0 Å². The first-order valence-corrected chi connectivity index (χ1v) is 6.72. The van der Waals surface area contributed by atoms with Crippen LogP contribution in [0.3, 0.4) is 0 Å². The van der Waals surface area contributed by atoms with Crippen molar-refractivity contribution in [3.8, 4) is 0 Å². The Hall–Kier alpha value is -0.100. The Morgan fingerprint density at radius 1 is 1.50 bits per heavy atom. The second kappa shape index (κ2) is 4.29. The number of carbonyl (C=O) groups is 1. The molecule has 0 saturated heterocycles. The highest BCUT2D eigenvalue weighted by Gasteiger charge is 2.64. The van der Waals surface area contributed by atoms with Gasteiger partial charge in [-0.2, -0.15) is 0 Å². The molecule has 92 valence electrons. The fourth-order valence-electron chi connectivity index (χ4n) is 3.28. The maximum atomic E-state index is 12.1. The van der Waals surface area contributed by atoms with Crippen LogP contribution >= 0.6 is 12.0 Å². The van der Waals surface area contributed by atoms with Gasteiger partial charge in [0.05, 0.1) is 12.0 Å². The average Bonchev–Trinajstić information content (AvgIpc) is 2.58. The predicted molar refractivity (Wildman–Crippen MR) is 60.2 cm³/mol. The lowest BCUT2D eigenvalue weighted by atomic mass is 9.69. The van der Waals surface area contributed by atoms with E-state index in [2.05, 4.69) is 23.2 Å². The van der Waals surface area contributed by atoms with Crippen LogP contribution in [0.25, 0.3) is 0 Å². The molecule has 0 spiro atoms. The van der Waals surface area contributed by atoms with Crippen LogP contribution in [0.2, 0.25) is 0 Å². The monoisotopic (exact) mass is 246 g/mol. The zero-order valence-electron chi connectivity index (χ0n) is 9.95. The molecule has 0 aromatic heterocycles. The summed E-state index contributed by atoms with van der Waals surface area (Å²) in [6.45, 7) is 4.62. The lowest BCUT2D eigenvalue weighted by molar-refractivity contribution is -0.467. The Morgan fingerprint density at radius 3 is 2.75 bits per heavy atom. The molecular weight excluding hydrogens is 228 g/mol. The number of rotatable bonds is 5. The molecule has 0 aromatic rings. The summed E-state index contributed by atoms with van der Waals surface area (Å²) < 4.78 is 4.58. The predicted octanol–water partition coefficient (Wildman–Crippen LogP) is 2.54. The van der Waals surface area contributed by atoms with Gasteiger partial charge in [0.1, 0.15) is 5.78 Å². The van der Waals surface area contributed by atoms with Crippen LogP contribution < -0.4 is 0 Å². The van der Waals surface area contributed by atoms with Crippen molar-refractivity contribution in [3.05, 3.63) is 0 Å². The Morgan fingerprint density at radius 2 is 2.25 bits per heavy atom. The van der Waals surface area contributed by atoms with Gasteiger partial charge >= 0.3 is 0 Å². The summed E-state index contributed by atoms with van der Waals surface area (Å²) in [6.07, 6.45) is 4.45. The zero-order valence-corrected chi connectivity index (χ0v) is 10.8. The molecule has 0 amide bonds. The summed E-state index contributed by atoms with van der Waals surface area (Å²) in [5.41, 5.74) is -0.341. The van der Waals surface area contributed by atoms with E-state index in [1.54, 1.807) is 6.26 Å². The van der Waals surface area contributed by atoms with Crippen LogP contribution in [0.15, 0.2) is 0 Å². The van der Waals surface area contributed by atoms with Crippen LogP contribution in [0, 0.1) is 16.7 Å². The van der Waals surface area contributed by atoms with E-state index in [9.17, 15) is 4.79 Å². The molecule has 0 aliphatic heterocycles. The molecule has 2 unspecified atom stereocenters. The quantitative estimate of drug-likeness (QED) is 0.323. The molecule has 0 aromatic carbocycles. The zero-order chi connectivity index (χ0) is 11.8. The van der Waals surface area contributed by atoms with Gasteiger partial charge in [0, 0.05) is 24.7 Å². The molecular formula is C11H18O4S. The van der Waals surface area contributed by atoms with E-state index in [4.69, 9.17) is 4.89 Å². The minimum Gasteiger partial charge on any atom is -0.299 e. The van der Waals surface area contributed by atoms with E-state index in [-0.39, 0.29) is 10.8 Å². The summed E-state index contributed by atoms with van der Waals surface area (Å²) >= 11 is 1.07. The largest absolute Gasteiger partial charge is 0.299 e. The molecule has 2 fully saturated rings. The van der Waals surface area contributed by atoms with Crippen molar-refractivity contribution >= 4 is 17.8 Å². The molecule has 0 heterocycles. The van der Waals surface area contributed by atoms with Gasteiger partial charge in [0.25, 0.3) is 0 Å². The van der Waals surface area contributed by atoms with Gasteiger partial charge in [-0.05, 0) is 24.2 Å². The normalized spacial score (nSPS) is 35.9. The lowest BCUT2D eigenvalue weighted by Crippen LogP contribution is -2.40. The minimum absolute atomic E-state index is 0.0206. The van der Waals surface area contributed by atoms with Crippen molar-refractivity contribution in [3.63, 3.8) is 0 Å². The standard InChI is InChI=1S/C11H18O4S/c1-10(2)8-4-5-11(10,9(12)6-8)7-13-14-15-16-3/h8H,4-7H2,1-3H3. The summed E-state index contributed by atoms with van der Waals surface area (Å²) in [5.74, 6) is 0.826. The smallest absolute Gasteiger partial charge is 0.142 e. The van der Waals surface area contributed by atoms with Gasteiger partial charge in [-0.3, -0.25) is 4.79 Å². The number of carbonyl (C=O) groups excluding carboxylic acids is 1. The van der Waals surface area contributed by atoms with E-state index in [0.29, 0.717) is 24.7 Å². The summed E-state index contributed by atoms with van der Waals surface area (Å²) in [7, 11) is 0. The van der Waals surface area contributed by atoms with Gasteiger partial charge in [-0.25, -0.2) is 4.89 Å². The fraction of sp³-hybridized carbons (Fsp3) is 0.909. The highest BCUT2D eigenvalue weighted by atomic mass is 32.2. The van der Waals surface area contributed by atoms with E-state index >= 15 is 0 Å². The van der Waals surface area contributed by atoms with E-state index < -0.39 is 0 Å². The molecule has 2 saturated carbocycles. The Bertz CT molecular complexity index is 292. The van der Waals surface area contributed by atoms with Crippen molar-refractivity contribution < 1.29 is 19.1 Å². The molecule has 2 rings (SSSR count). The molecule has 0 radical (unpaired) electrons. The van der Waals surface area contributed by atoms with E-state index in [0.717, 1.165) is 24.9 Å². The maximum Gasteiger partial charge on any atom is 0.142 e. The molecule has 16 heavy (non-hydrogen) atoms. The van der Waals surface area contributed by atoms with Crippen LogP contribution in [0.5, 0.6) is 0 Å². The highest BCUT2D eigenvalue weighted by molar-refractivity contribution is 7.93. The summed E-state index contributed by atoms with van der Waals surface area (Å²) in [5, 5.41) is 4.54. The van der Waals surface area contributed by atoms with Crippen molar-refractivity contribution in [1.82, 2.24) is 0 Å². The molecule has 2 bridgehead atoms. The van der Waals surface area contributed by atoms with Crippen molar-refractivity contribution in [2.45, 2.75) is 33.1 Å². The van der Waals surface area contributed by atoms with Gasteiger partial charge in [-0.15, -0.1) is 4.33 Å². The molecule has 5 heteroatoms. The lowest BCUT2D eigenvalue weighted by Gasteiger charge is -2.35. The minimum atomic E-state index is -0.362. The fourth-order valence-corrected chi connectivity index (χ4v) is 3.38. The first kappa shape index (κ1) is 12.4. The first-order chi connectivity index (χ1) is 7.54. The Kier molecular flexibility index (Phi) is 3.32. The van der Waals surface area contributed by atoms with Crippen LogP contribution in [0.1, 0.15) is 33.1 Å². The van der Waals surface area contributed by atoms with Crippen LogP contribution in [-0.2, 0) is 19.1 Å². The summed E-state index contributed by atoms with van der Waals surface area (Å²) in [4.78, 5) is 17.1. The molecule has 2 aliphatic carbocycles. The molecule has 4 nitrogen and oxygen atoms in total. The number of ketones is 1. The molecule has 0 N–H and O–H groups in total. The third kappa shape index (κ3) is 1.61. The van der Waals surface area contributed by atoms with Gasteiger partial charge in [-0.1, -0.05) is 18.9 Å². The summed E-state index contributed by atoms with van der Waals surface area (Å²) in [6, 6.07) is 0. The van der Waals surface area contributed by atoms with Gasteiger partial charge in [0.2, 0.25) is 0 Å². The highest BCUT2D eigenvalue weighted by Crippen LogP contribution is 2.63. The maximum absolute atomic E-state index is 12.1. The SMILES string of the molecule is CSOOOCC12CCC(CC1=O)C2(C)C.